The van der Waals surface area contributed by atoms with E-state index in [9.17, 15) is 9.59 Å². The van der Waals surface area contributed by atoms with E-state index in [0.29, 0.717) is 12.0 Å². The maximum absolute atomic E-state index is 13.6. The first-order valence-electron chi connectivity index (χ1n) is 11.6. The molecule has 0 heterocycles. The Balaban J connectivity index is 1.76. The van der Waals surface area contributed by atoms with Crippen LogP contribution < -0.4 is 0 Å². The molecular formula is C29H30O3. The van der Waals surface area contributed by atoms with Gasteiger partial charge in [0, 0.05) is 12.0 Å². The number of ketones is 2. The SMILES string of the molecule is CC[C@@H]1CCCC(=O)[C@H]1[C@H](O[C@@H](C(=O)c1ccccc1)c1ccccc1)c1ccccc1. The molecule has 1 aliphatic carbocycles. The molecule has 0 spiro atoms. The van der Waals surface area contributed by atoms with E-state index >= 15 is 0 Å². The molecule has 0 radical (unpaired) electrons. The van der Waals surface area contributed by atoms with Gasteiger partial charge in [-0.15, -0.1) is 0 Å². The van der Waals surface area contributed by atoms with E-state index in [1.165, 1.54) is 0 Å². The molecule has 32 heavy (non-hydrogen) atoms. The maximum atomic E-state index is 13.6. The van der Waals surface area contributed by atoms with Gasteiger partial charge in [0.1, 0.15) is 11.9 Å². The summed E-state index contributed by atoms with van der Waals surface area (Å²) in [6.45, 7) is 2.14. The van der Waals surface area contributed by atoms with Gasteiger partial charge in [-0.05, 0) is 29.9 Å². The van der Waals surface area contributed by atoms with E-state index in [0.717, 1.165) is 30.4 Å². The first kappa shape index (κ1) is 22.2. The highest BCUT2D eigenvalue weighted by Crippen LogP contribution is 2.43. The summed E-state index contributed by atoms with van der Waals surface area (Å²) >= 11 is 0. The van der Waals surface area contributed by atoms with Crippen molar-refractivity contribution in [1.82, 2.24) is 0 Å². The van der Waals surface area contributed by atoms with Crippen LogP contribution in [0.15, 0.2) is 91.0 Å². The second-order valence-corrected chi connectivity index (χ2v) is 8.54. The predicted octanol–water partition coefficient (Wildman–Crippen LogP) is 6.76. The smallest absolute Gasteiger partial charge is 0.196 e. The minimum atomic E-state index is -0.781. The van der Waals surface area contributed by atoms with Crippen LogP contribution in [0.4, 0.5) is 0 Å². The van der Waals surface area contributed by atoms with Gasteiger partial charge in [0.05, 0.1) is 12.0 Å². The van der Waals surface area contributed by atoms with Gasteiger partial charge >= 0.3 is 0 Å². The zero-order valence-corrected chi connectivity index (χ0v) is 18.5. The third kappa shape index (κ3) is 4.89. The lowest BCUT2D eigenvalue weighted by Gasteiger charge is -2.37. The average Bonchev–Trinajstić information content (AvgIpc) is 2.86. The van der Waals surface area contributed by atoms with Crippen molar-refractivity contribution in [2.75, 3.05) is 0 Å². The Morgan fingerprint density at radius 1 is 0.875 bits per heavy atom. The molecule has 0 N–H and O–H groups in total. The van der Waals surface area contributed by atoms with Gasteiger partial charge in [0.15, 0.2) is 5.78 Å². The average molecular weight is 427 g/mol. The van der Waals surface area contributed by atoms with Crippen molar-refractivity contribution >= 4 is 11.6 Å². The van der Waals surface area contributed by atoms with Crippen molar-refractivity contribution < 1.29 is 14.3 Å². The van der Waals surface area contributed by atoms with Gasteiger partial charge < -0.3 is 4.74 Å². The number of rotatable bonds is 8. The van der Waals surface area contributed by atoms with Crippen molar-refractivity contribution in [3.05, 3.63) is 108 Å². The lowest BCUT2D eigenvalue weighted by Crippen LogP contribution is -2.36. The summed E-state index contributed by atoms with van der Waals surface area (Å²) in [4.78, 5) is 26.8. The van der Waals surface area contributed by atoms with Crippen molar-refractivity contribution in [3.8, 4) is 0 Å². The van der Waals surface area contributed by atoms with Crippen molar-refractivity contribution in [2.24, 2.45) is 11.8 Å². The standard InChI is InChI=1S/C29H30O3/c1-2-21-19-12-20-25(30)26(21)28(23-15-8-4-9-16-23)32-29(24-17-10-5-11-18-24)27(31)22-13-6-3-7-14-22/h3-11,13-18,21,26,28-29H,2,12,19-20H2,1H3/t21-,26+,28-,29-/m1/s1. The minimum Gasteiger partial charge on any atom is -0.357 e. The maximum Gasteiger partial charge on any atom is 0.196 e. The van der Waals surface area contributed by atoms with Gasteiger partial charge in [-0.3, -0.25) is 9.59 Å². The largest absolute Gasteiger partial charge is 0.357 e. The Morgan fingerprint density at radius 3 is 2.03 bits per heavy atom. The van der Waals surface area contributed by atoms with E-state index in [4.69, 9.17) is 4.74 Å². The second kappa shape index (κ2) is 10.5. The molecule has 1 fully saturated rings. The molecule has 0 aliphatic heterocycles. The molecule has 0 bridgehead atoms. The topological polar surface area (TPSA) is 43.4 Å². The third-order valence-corrected chi connectivity index (χ3v) is 6.54. The van der Waals surface area contributed by atoms with Gasteiger partial charge in [-0.1, -0.05) is 104 Å². The van der Waals surface area contributed by atoms with Crippen LogP contribution in [-0.2, 0) is 9.53 Å². The number of hydrogen-bond donors (Lipinski definition) is 0. The van der Waals surface area contributed by atoms with Crippen LogP contribution in [0.25, 0.3) is 0 Å². The zero-order chi connectivity index (χ0) is 22.3. The van der Waals surface area contributed by atoms with E-state index in [1.54, 1.807) is 0 Å². The number of carbonyl (C=O) groups excluding carboxylic acids is 2. The Kier molecular flexibility index (Phi) is 7.28. The van der Waals surface area contributed by atoms with Crippen molar-refractivity contribution in [2.45, 2.75) is 44.8 Å². The van der Waals surface area contributed by atoms with E-state index in [2.05, 4.69) is 6.92 Å². The van der Waals surface area contributed by atoms with Crippen molar-refractivity contribution in [3.63, 3.8) is 0 Å². The fraction of sp³-hybridized carbons (Fsp3) is 0.310. The predicted molar refractivity (Wildman–Crippen MR) is 126 cm³/mol. The first-order valence-corrected chi connectivity index (χ1v) is 11.6. The molecule has 0 amide bonds. The molecule has 4 atom stereocenters. The quantitative estimate of drug-likeness (QED) is 0.374. The third-order valence-electron chi connectivity index (χ3n) is 6.54. The Labute approximate surface area is 190 Å². The summed E-state index contributed by atoms with van der Waals surface area (Å²) < 4.78 is 6.71. The van der Waals surface area contributed by atoms with Crippen LogP contribution in [0.2, 0.25) is 0 Å². The highest BCUT2D eigenvalue weighted by molar-refractivity contribution is 6.00. The molecular weight excluding hydrogens is 396 g/mol. The van der Waals surface area contributed by atoms with Crippen LogP contribution in [0, 0.1) is 11.8 Å². The van der Waals surface area contributed by atoms with Gasteiger partial charge in [-0.25, -0.2) is 0 Å². The van der Waals surface area contributed by atoms with Crippen LogP contribution in [0.5, 0.6) is 0 Å². The number of hydrogen-bond acceptors (Lipinski definition) is 3. The van der Waals surface area contributed by atoms with Gasteiger partial charge in [-0.2, -0.15) is 0 Å². The van der Waals surface area contributed by atoms with Crippen LogP contribution in [-0.4, -0.2) is 11.6 Å². The molecule has 0 saturated heterocycles. The molecule has 0 aromatic heterocycles. The van der Waals surface area contributed by atoms with Gasteiger partial charge in [0.25, 0.3) is 0 Å². The molecule has 3 aromatic rings. The monoisotopic (exact) mass is 426 g/mol. The van der Waals surface area contributed by atoms with E-state index in [1.807, 2.05) is 91.0 Å². The molecule has 4 rings (SSSR count). The van der Waals surface area contributed by atoms with Crippen LogP contribution >= 0.6 is 0 Å². The molecule has 1 aliphatic rings. The lowest BCUT2D eigenvalue weighted by molar-refractivity contribution is -0.137. The summed E-state index contributed by atoms with van der Waals surface area (Å²) in [5, 5.41) is 0. The molecule has 164 valence electrons. The fourth-order valence-corrected chi connectivity index (χ4v) is 4.85. The molecule has 3 nitrogen and oxygen atoms in total. The molecule has 0 unspecified atom stereocenters. The lowest BCUT2D eigenvalue weighted by atomic mass is 9.72. The highest BCUT2D eigenvalue weighted by Gasteiger charge is 2.40. The molecule has 1 saturated carbocycles. The number of benzene rings is 3. The molecule has 3 heteroatoms. The minimum absolute atomic E-state index is 0.0889. The van der Waals surface area contributed by atoms with Crippen LogP contribution in [0.1, 0.15) is 66.3 Å². The number of ether oxygens (including phenoxy) is 1. The summed E-state index contributed by atoms with van der Waals surface area (Å²) in [5.74, 6) is 0.167. The fourth-order valence-electron chi connectivity index (χ4n) is 4.85. The van der Waals surface area contributed by atoms with E-state index in [-0.39, 0.29) is 23.4 Å². The summed E-state index contributed by atoms with van der Waals surface area (Å²) in [6.07, 6.45) is 2.20. The van der Waals surface area contributed by atoms with Crippen molar-refractivity contribution in [1.29, 1.82) is 0 Å². The summed E-state index contributed by atoms with van der Waals surface area (Å²) in [7, 11) is 0. The Hall–Kier alpha value is -3.04. The van der Waals surface area contributed by atoms with E-state index < -0.39 is 12.2 Å². The first-order chi connectivity index (χ1) is 15.7. The Morgan fingerprint density at radius 2 is 1.44 bits per heavy atom. The summed E-state index contributed by atoms with van der Waals surface area (Å²) in [6, 6.07) is 28.8. The second-order valence-electron chi connectivity index (χ2n) is 8.54. The Bertz CT molecular complexity index is 1010. The number of Topliss-reactive ketones (excluding diaryl/α,β-unsaturated/α-hetero) is 2. The van der Waals surface area contributed by atoms with Crippen LogP contribution in [0.3, 0.4) is 0 Å². The normalized spacial score (nSPS) is 20.5. The molecule has 3 aromatic carbocycles. The highest BCUT2D eigenvalue weighted by atomic mass is 16.5. The zero-order valence-electron chi connectivity index (χ0n) is 18.5. The number of carbonyl (C=O) groups is 2. The summed E-state index contributed by atoms with van der Waals surface area (Å²) in [5.41, 5.74) is 2.36. The van der Waals surface area contributed by atoms with Gasteiger partial charge in [0.2, 0.25) is 0 Å².